The first-order valence-corrected chi connectivity index (χ1v) is 38.4. The van der Waals surface area contributed by atoms with E-state index in [0.717, 1.165) is 72.7 Å². The zero-order chi connectivity index (χ0) is 42.2. The molecule has 6 heteroatoms. The molecule has 0 fully saturated rings. The third-order valence-corrected chi connectivity index (χ3v) is 70.6. The van der Waals surface area contributed by atoms with Crippen LogP contribution in [0.2, 0.25) is 13.1 Å². The summed E-state index contributed by atoms with van der Waals surface area (Å²) < 4.78 is 11.9. The van der Waals surface area contributed by atoms with Gasteiger partial charge in [0.05, 0.1) is 0 Å². The van der Waals surface area contributed by atoms with E-state index < -0.39 is 27.7 Å². The van der Waals surface area contributed by atoms with Crippen LogP contribution in [0.25, 0.3) is 44.8 Å². The first-order valence-electron chi connectivity index (χ1n) is 22.5. The molecule has 0 spiro atoms. The number of fused-ring (bicyclic) bond motifs is 6. The normalized spacial score (nSPS) is 20.9. The van der Waals surface area contributed by atoms with Crippen LogP contribution in [0.1, 0.15) is 91.5 Å². The van der Waals surface area contributed by atoms with E-state index in [-0.39, 0.29) is 0 Å². The second kappa shape index (κ2) is 13.8. The molecule has 6 aromatic carbocycles. The Bertz CT molecular complexity index is 3050. The molecule has 307 valence electrons. The Morgan fingerprint density at radius 1 is 0.484 bits per heavy atom. The van der Waals surface area contributed by atoms with Gasteiger partial charge in [0.15, 0.2) is 0 Å². The van der Waals surface area contributed by atoms with Crippen LogP contribution >= 0.6 is 17.0 Å². The van der Waals surface area contributed by atoms with E-state index in [4.69, 9.17) is 8.83 Å². The molecule has 2 unspecified atom stereocenters. The van der Waals surface area contributed by atoms with Crippen molar-refractivity contribution in [2.24, 2.45) is 0 Å². The van der Waals surface area contributed by atoms with E-state index in [0.29, 0.717) is 0 Å². The second-order valence-corrected chi connectivity index (χ2v) is 60.3. The van der Waals surface area contributed by atoms with Crippen molar-refractivity contribution in [1.82, 2.24) is 0 Å². The number of benzene rings is 6. The van der Waals surface area contributed by atoms with Crippen LogP contribution in [0.15, 0.2) is 142 Å². The van der Waals surface area contributed by atoms with E-state index in [1.807, 2.05) is 0 Å². The molecule has 0 amide bonds. The minimum absolute atomic E-state index is 0.836. The van der Waals surface area contributed by atoms with Crippen molar-refractivity contribution in [3.8, 4) is 0 Å². The molecule has 0 saturated heterocycles. The van der Waals surface area contributed by atoms with Gasteiger partial charge in [-0.2, -0.15) is 0 Å². The van der Waals surface area contributed by atoms with Crippen molar-refractivity contribution in [3.63, 3.8) is 0 Å². The van der Waals surface area contributed by atoms with Crippen LogP contribution < -0.4 is 0 Å². The fourth-order valence-corrected chi connectivity index (χ4v) is 52.0. The van der Waals surface area contributed by atoms with Gasteiger partial charge in [-0.3, -0.25) is 0 Å². The molecule has 2 nitrogen and oxygen atoms in total. The summed E-state index contributed by atoms with van der Waals surface area (Å²) in [5.74, 6) is 1.05. The molecule has 2 atom stereocenters. The molecule has 0 radical (unpaired) electrons. The second-order valence-electron chi connectivity index (χ2n) is 18.8. The molecule has 4 aliphatic carbocycles. The topological polar surface area (TPSA) is 26.3 Å². The van der Waals surface area contributed by atoms with Crippen LogP contribution in [-0.4, -0.2) is 5.92 Å². The molecule has 0 N–H and O–H groups in total. The summed E-state index contributed by atoms with van der Waals surface area (Å²) >= 11 is -6.35. The van der Waals surface area contributed by atoms with Gasteiger partial charge in [-0.1, -0.05) is 0 Å². The maximum atomic E-state index is 10.1. The average molecular weight is 944 g/mol. The van der Waals surface area contributed by atoms with Gasteiger partial charge in [-0.05, 0) is 0 Å². The number of allylic oxidation sites excluding steroid dienone is 2. The quantitative estimate of drug-likeness (QED) is 0.149. The number of furan rings is 2. The molecule has 0 aliphatic heterocycles. The van der Waals surface area contributed by atoms with Gasteiger partial charge in [0.1, 0.15) is 0 Å². The van der Waals surface area contributed by atoms with E-state index >= 15 is 0 Å². The van der Waals surface area contributed by atoms with E-state index in [2.05, 4.69) is 173 Å². The summed E-state index contributed by atoms with van der Waals surface area (Å²) in [6, 6.07) is 50.2. The first kappa shape index (κ1) is 39.2. The summed E-state index contributed by atoms with van der Waals surface area (Å²) in [7, 11) is 20.1. The molecule has 0 bridgehead atoms. The summed E-state index contributed by atoms with van der Waals surface area (Å²) in [6.07, 6.45) is 11.4. The predicted octanol–water partition coefficient (Wildman–Crippen LogP) is 15.0. The van der Waals surface area contributed by atoms with Gasteiger partial charge < -0.3 is 0 Å². The zero-order valence-corrected chi connectivity index (χ0v) is 40.9. The summed E-state index contributed by atoms with van der Waals surface area (Å²) in [5, 5.41) is 4.69. The zero-order valence-electron chi connectivity index (χ0n) is 35.7. The third-order valence-electron chi connectivity index (χ3n) is 15.5. The van der Waals surface area contributed by atoms with Gasteiger partial charge in [-0.15, -0.1) is 0 Å². The van der Waals surface area contributed by atoms with Crippen molar-refractivity contribution in [2.75, 3.05) is 0 Å². The number of hydrogen-bond acceptors (Lipinski definition) is 2. The van der Waals surface area contributed by atoms with E-state index in [1.165, 1.54) is 77.2 Å². The van der Waals surface area contributed by atoms with E-state index in [1.54, 1.807) is 0 Å². The molecule has 4 aliphatic rings. The third kappa shape index (κ3) is 4.91. The van der Waals surface area contributed by atoms with Crippen molar-refractivity contribution in [1.29, 1.82) is 0 Å². The molecule has 0 saturated carbocycles. The standard InChI is InChI=1S/2C27H21O.C2H7Si.2ClH.Zr/c2*1-17-12-13-26(28-17)25-16-21-14-19-8-4-9-20(19)15-24(21)27(25)23-11-5-7-18-6-2-3-10-22(18)23;1-3-2;;;/h2*2-3,5-7,10-16H,4,8-9H2,1H3;3H,1-2H3;2*1H;/q;;;;;+2/p-2. The molecular weight excluding hydrogens is 895 g/mol. The Kier molecular flexibility index (Phi) is 8.71. The van der Waals surface area contributed by atoms with Crippen molar-refractivity contribution in [3.05, 3.63) is 212 Å². The molecule has 12 rings (SSSR count). The molecule has 2 aromatic heterocycles. The van der Waals surface area contributed by atoms with Gasteiger partial charge >= 0.3 is 376 Å². The van der Waals surface area contributed by atoms with Gasteiger partial charge in [0, 0.05) is 0 Å². The Morgan fingerprint density at radius 2 is 0.887 bits per heavy atom. The van der Waals surface area contributed by atoms with Crippen LogP contribution in [0.4, 0.5) is 0 Å². The summed E-state index contributed by atoms with van der Waals surface area (Å²) in [6.45, 7) is 9.07. The van der Waals surface area contributed by atoms with Crippen molar-refractivity contribution < 1.29 is 24.4 Å². The van der Waals surface area contributed by atoms with Gasteiger partial charge in [0.2, 0.25) is 0 Å². The first-order chi connectivity index (χ1) is 30.0. The average Bonchev–Trinajstić information content (AvgIpc) is 4.15. The number of rotatable bonds is 7. The summed E-state index contributed by atoms with van der Waals surface area (Å²) in [5.41, 5.74) is 15.1. The molecule has 2 heterocycles. The fourth-order valence-electron chi connectivity index (χ4n) is 13.0. The number of halogens is 2. The van der Waals surface area contributed by atoms with Crippen LogP contribution in [0.5, 0.6) is 0 Å². The molecular formula is C56H49Cl2O2SiZr. The number of aryl methyl sites for hydroxylation is 6. The van der Waals surface area contributed by atoms with Gasteiger partial charge in [0.25, 0.3) is 0 Å². The Morgan fingerprint density at radius 3 is 1.29 bits per heavy atom. The Balaban J connectivity index is 1.38. The van der Waals surface area contributed by atoms with Crippen LogP contribution in [-0.2, 0) is 47.5 Å². The van der Waals surface area contributed by atoms with Crippen molar-refractivity contribution >= 4 is 67.8 Å². The maximum absolute atomic E-state index is 10.1. The van der Waals surface area contributed by atoms with E-state index in [9.17, 15) is 17.0 Å². The minimum atomic E-state index is -6.35. The molecule has 8 aromatic rings. The number of hydrogen-bond donors (Lipinski definition) is 0. The van der Waals surface area contributed by atoms with Gasteiger partial charge in [-0.25, -0.2) is 0 Å². The van der Waals surface area contributed by atoms with Crippen LogP contribution in [0, 0.1) is 13.8 Å². The van der Waals surface area contributed by atoms with Crippen molar-refractivity contribution in [2.45, 2.75) is 71.7 Å². The SMILES string of the molecule is Cc1ccc(C2=Cc3cc4c(cc3[C]2(c2cccc3ccccc23)[Zr]([Cl])([Cl])([SiH](C)C)[C]2(c3cccc5ccccc35)C(c3ccc(C)o3)=Cc3cc5c(cc32)CCC5)CCC4)o1. The monoisotopic (exact) mass is 941 g/mol. The Labute approximate surface area is 373 Å². The Hall–Kier alpha value is -4.44. The fraction of sp³-hybridized carbons (Fsp3) is 0.214. The summed E-state index contributed by atoms with van der Waals surface area (Å²) in [4.78, 5) is 0. The van der Waals surface area contributed by atoms with Crippen LogP contribution in [0.3, 0.4) is 0 Å². The molecule has 62 heavy (non-hydrogen) atoms. The predicted molar refractivity (Wildman–Crippen MR) is 260 cm³/mol.